The van der Waals surface area contributed by atoms with E-state index in [9.17, 15) is 21.6 Å². The van der Waals surface area contributed by atoms with Crippen LogP contribution < -0.4 is 17.2 Å². The van der Waals surface area contributed by atoms with Gasteiger partial charge in [0.05, 0.1) is 18.1 Å². The minimum absolute atomic E-state index is 0.0289. The lowest BCUT2D eigenvalue weighted by Gasteiger charge is -1.96. The Kier molecular flexibility index (Phi) is 15.3. The van der Waals surface area contributed by atoms with Crippen molar-refractivity contribution in [2.75, 3.05) is 31.2 Å². The van der Waals surface area contributed by atoms with Gasteiger partial charge < -0.3 is 27.4 Å². The first-order valence-electron chi connectivity index (χ1n) is 5.20. The second kappa shape index (κ2) is 12.8. The van der Waals surface area contributed by atoms with Crippen LogP contribution in [0, 0.1) is 0 Å². The van der Waals surface area contributed by atoms with E-state index < -0.39 is 38.9 Å². The van der Waals surface area contributed by atoms with E-state index in [0.29, 0.717) is 0 Å². The minimum atomic E-state index is -3.80. The van der Waals surface area contributed by atoms with Crippen molar-refractivity contribution in [3.8, 4) is 0 Å². The van der Waals surface area contributed by atoms with Crippen LogP contribution in [0.5, 0.6) is 0 Å². The molecule has 0 aliphatic heterocycles. The maximum atomic E-state index is 9.71. The van der Waals surface area contributed by atoms with Gasteiger partial charge in [0.25, 0.3) is 20.2 Å². The molecule has 0 aromatic rings. The summed E-state index contributed by atoms with van der Waals surface area (Å²) in [6.45, 7) is -0.562. The second-order valence-electron chi connectivity index (χ2n) is 3.28. The number of hydrogen-bond donors (Lipinski definition) is 7. The molecule has 130 valence electrons. The first kappa shape index (κ1) is 25.1. The Bertz CT molecular complexity index is 428. The van der Waals surface area contributed by atoms with Crippen LogP contribution in [0.2, 0.25) is 0 Å². The van der Waals surface area contributed by atoms with Gasteiger partial charge in [-0.15, -0.1) is 0 Å². The van der Waals surface area contributed by atoms with Gasteiger partial charge in [0.15, 0.2) is 0 Å². The number of carboxylic acids is 1. The largest absolute Gasteiger partial charge is 0.480 e. The Hall–Kier alpha value is -0.870. The zero-order chi connectivity index (χ0) is 17.7. The van der Waals surface area contributed by atoms with Crippen LogP contribution in [-0.4, -0.2) is 79.4 Å². The molecule has 0 aromatic carbocycles. The number of rotatable bonds is 6. The van der Waals surface area contributed by atoms with Crippen LogP contribution in [0.25, 0.3) is 0 Å². The van der Waals surface area contributed by atoms with Gasteiger partial charge in [-0.2, -0.15) is 16.8 Å². The first-order chi connectivity index (χ1) is 9.30. The third-order valence-corrected chi connectivity index (χ3v) is 2.77. The maximum Gasteiger partial charge on any atom is 0.322 e. The minimum Gasteiger partial charge on any atom is -0.480 e. The Labute approximate surface area is 122 Å². The van der Waals surface area contributed by atoms with Gasteiger partial charge in [0, 0.05) is 13.1 Å². The van der Waals surface area contributed by atoms with Gasteiger partial charge in [-0.05, 0) is 0 Å². The number of aliphatic hydroxyl groups excluding tert-OH is 1. The summed E-state index contributed by atoms with van der Waals surface area (Å²) in [5.74, 6) is -1.89. The fourth-order valence-corrected chi connectivity index (χ4v) is 0.972. The van der Waals surface area contributed by atoms with E-state index in [1.54, 1.807) is 0 Å². The van der Waals surface area contributed by atoms with Crippen LogP contribution >= 0.6 is 0 Å². The van der Waals surface area contributed by atoms with E-state index in [-0.39, 0.29) is 24.6 Å². The fourth-order valence-electron chi connectivity index (χ4n) is 0.376. The molecular weight excluding hydrogens is 334 g/mol. The quantitative estimate of drug-likeness (QED) is 0.226. The molecule has 0 fully saturated rings. The SMILES string of the molecule is NC(CO)C(=O)O.NCCS(=O)(=O)O.NCCS(=O)(=O)O. The molecule has 21 heavy (non-hydrogen) atoms. The average molecular weight is 355 g/mol. The van der Waals surface area contributed by atoms with Crippen molar-refractivity contribution in [2.24, 2.45) is 17.2 Å². The monoisotopic (exact) mass is 355 g/mol. The molecule has 0 rings (SSSR count). The molecule has 0 spiro atoms. The van der Waals surface area contributed by atoms with Gasteiger partial charge in [0.1, 0.15) is 6.04 Å². The molecule has 10 N–H and O–H groups in total. The van der Waals surface area contributed by atoms with Crippen LogP contribution in [0.15, 0.2) is 0 Å². The predicted molar refractivity (Wildman–Crippen MR) is 73.6 cm³/mol. The zero-order valence-electron chi connectivity index (χ0n) is 11.0. The number of hydrogen-bond acceptors (Lipinski definition) is 9. The van der Waals surface area contributed by atoms with E-state index in [1.165, 1.54) is 0 Å². The van der Waals surface area contributed by atoms with Gasteiger partial charge in [-0.1, -0.05) is 0 Å². The van der Waals surface area contributed by atoms with Crippen LogP contribution in [0.1, 0.15) is 0 Å². The summed E-state index contributed by atoms with van der Waals surface area (Å²) >= 11 is 0. The van der Waals surface area contributed by atoms with Gasteiger partial charge in [0.2, 0.25) is 0 Å². The number of carbonyl (C=O) groups is 1. The maximum absolute atomic E-state index is 9.71. The highest BCUT2D eigenvalue weighted by atomic mass is 32.2. The number of aliphatic hydroxyl groups is 1. The van der Waals surface area contributed by atoms with Crippen LogP contribution in [-0.2, 0) is 25.0 Å². The standard InChI is InChI=1S/C3H7NO3.2C2H7NO3S/c4-2(1-5)3(6)7;2*3-1-2-7(4,5)6/h2,5H,1,4H2,(H,6,7);2*1-3H2,(H,4,5,6). The third kappa shape index (κ3) is 32.6. The highest BCUT2D eigenvalue weighted by Gasteiger charge is 2.07. The Morgan fingerprint density at radius 1 is 0.952 bits per heavy atom. The molecule has 0 heterocycles. The highest BCUT2D eigenvalue weighted by molar-refractivity contribution is 7.86. The smallest absolute Gasteiger partial charge is 0.322 e. The Morgan fingerprint density at radius 3 is 1.24 bits per heavy atom. The lowest BCUT2D eigenvalue weighted by molar-refractivity contribution is -0.139. The van der Waals surface area contributed by atoms with E-state index in [4.69, 9.17) is 36.5 Å². The lowest BCUT2D eigenvalue weighted by Crippen LogP contribution is -2.33. The highest BCUT2D eigenvalue weighted by Crippen LogP contribution is 1.75. The van der Waals surface area contributed by atoms with Crippen LogP contribution in [0.3, 0.4) is 0 Å². The summed E-state index contributed by atoms with van der Waals surface area (Å²) in [6.07, 6.45) is 0. The molecule has 0 aliphatic carbocycles. The van der Waals surface area contributed by atoms with Crippen molar-refractivity contribution >= 4 is 26.2 Å². The summed E-state index contributed by atoms with van der Waals surface area (Å²) in [5, 5.41) is 15.9. The third-order valence-electron chi connectivity index (χ3n) is 1.27. The van der Waals surface area contributed by atoms with E-state index in [2.05, 4.69) is 0 Å². The Morgan fingerprint density at radius 2 is 1.24 bits per heavy atom. The predicted octanol–water partition coefficient (Wildman–Crippen LogP) is -3.94. The molecule has 0 aliphatic rings. The fraction of sp³-hybridized carbons (Fsp3) is 0.857. The zero-order valence-corrected chi connectivity index (χ0v) is 12.6. The molecule has 1 atom stereocenters. The molecule has 0 saturated carbocycles. The molecule has 0 bridgehead atoms. The Balaban J connectivity index is -0.000000231. The summed E-state index contributed by atoms with van der Waals surface area (Å²) in [5.41, 5.74) is 14.3. The van der Waals surface area contributed by atoms with Gasteiger partial charge >= 0.3 is 5.97 Å². The molecule has 14 heteroatoms. The normalized spacial score (nSPS) is 12.3. The van der Waals surface area contributed by atoms with Crippen molar-refractivity contribution in [1.29, 1.82) is 0 Å². The second-order valence-corrected chi connectivity index (χ2v) is 6.42. The number of aliphatic carboxylic acids is 1. The van der Waals surface area contributed by atoms with E-state index >= 15 is 0 Å². The molecular formula is C7H21N3O9S2. The van der Waals surface area contributed by atoms with Crippen molar-refractivity contribution < 1.29 is 40.9 Å². The van der Waals surface area contributed by atoms with E-state index in [0.717, 1.165) is 0 Å². The topological polar surface area (TPSA) is 244 Å². The average Bonchev–Trinajstić information content (AvgIpc) is 2.26. The summed E-state index contributed by atoms with van der Waals surface area (Å²) in [4.78, 5) is 9.65. The van der Waals surface area contributed by atoms with Crippen molar-refractivity contribution in [1.82, 2.24) is 0 Å². The number of carboxylic acid groups (broad SMARTS) is 1. The molecule has 12 nitrogen and oxygen atoms in total. The van der Waals surface area contributed by atoms with Crippen molar-refractivity contribution in [3.63, 3.8) is 0 Å². The molecule has 0 saturated heterocycles. The summed E-state index contributed by atoms with van der Waals surface area (Å²) in [7, 11) is -7.60. The van der Waals surface area contributed by atoms with Gasteiger partial charge in [-0.25, -0.2) is 0 Å². The molecule has 0 radical (unpaired) electrons. The van der Waals surface area contributed by atoms with Crippen molar-refractivity contribution in [2.45, 2.75) is 6.04 Å². The van der Waals surface area contributed by atoms with Crippen LogP contribution in [0.4, 0.5) is 0 Å². The summed E-state index contributed by atoms with van der Waals surface area (Å²) < 4.78 is 54.6. The first-order valence-corrected chi connectivity index (χ1v) is 8.42. The number of nitrogens with two attached hydrogens (primary N) is 3. The lowest BCUT2D eigenvalue weighted by atomic mass is 10.3. The molecule has 0 aromatic heterocycles. The molecule has 1 unspecified atom stereocenters. The van der Waals surface area contributed by atoms with E-state index in [1.807, 2.05) is 0 Å². The molecule has 0 amide bonds. The summed E-state index contributed by atoms with van der Waals surface area (Å²) in [6, 6.07) is -1.13. The van der Waals surface area contributed by atoms with Gasteiger partial charge in [-0.3, -0.25) is 13.9 Å². The van der Waals surface area contributed by atoms with Crippen molar-refractivity contribution in [3.05, 3.63) is 0 Å².